The largest absolute Gasteiger partial charge is 0.385 e. The van der Waals surface area contributed by atoms with Crippen LogP contribution >= 0.6 is 0 Å². The number of imidazole rings is 1. The molecule has 1 N–H and O–H groups in total. The molecule has 1 aromatic heterocycles. The quantitative estimate of drug-likeness (QED) is 0.928. The summed E-state index contributed by atoms with van der Waals surface area (Å²) in [6, 6.07) is 10.0. The summed E-state index contributed by atoms with van der Waals surface area (Å²) in [5, 5.41) is 10.5. The van der Waals surface area contributed by atoms with Crippen LogP contribution in [-0.2, 0) is 13.6 Å². The molecule has 1 fully saturated rings. The number of piperidine rings is 1. The third-order valence-corrected chi connectivity index (χ3v) is 4.97. The molecule has 0 spiro atoms. The first-order valence-electron chi connectivity index (χ1n) is 8.75. The van der Waals surface area contributed by atoms with Gasteiger partial charge in [-0.05, 0) is 24.3 Å². The fraction of sp³-hybridized carbons (Fsp3) is 0.474. The molecule has 0 radical (unpaired) electrons. The normalized spacial score (nSPS) is 16.7. The van der Waals surface area contributed by atoms with Crippen LogP contribution in [0.4, 0.5) is 4.79 Å². The van der Waals surface area contributed by atoms with Gasteiger partial charge in [-0.15, -0.1) is 0 Å². The van der Waals surface area contributed by atoms with Gasteiger partial charge in [0.15, 0.2) is 0 Å². The Morgan fingerprint density at radius 1 is 1.32 bits per heavy atom. The summed E-state index contributed by atoms with van der Waals surface area (Å²) in [6.45, 7) is 1.95. The molecule has 6 nitrogen and oxygen atoms in total. The average molecular weight is 342 g/mol. The number of hydrogen-bond donors (Lipinski definition) is 1. The summed E-state index contributed by atoms with van der Waals surface area (Å²) in [7, 11) is 3.73. The zero-order valence-corrected chi connectivity index (χ0v) is 14.9. The lowest BCUT2D eigenvalue weighted by Crippen LogP contribution is -2.45. The van der Waals surface area contributed by atoms with Crippen LogP contribution in [0.2, 0.25) is 0 Å². The fourth-order valence-corrected chi connectivity index (χ4v) is 3.45. The molecule has 6 heteroatoms. The number of aromatic nitrogens is 2. The number of amides is 2. The van der Waals surface area contributed by atoms with Gasteiger partial charge in [-0.3, -0.25) is 0 Å². The second kappa shape index (κ2) is 7.70. The number of carbonyl (C=O) groups is 1. The van der Waals surface area contributed by atoms with E-state index in [0.29, 0.717) is 25.5 Å². The summed E-state index contributed by atoms with van der Waals surface area (Å²) in [6.07, 6.45) is 4.56. The van der Waals surface area contributed by atoms with Crippen molar-refractivity contribution >= 4 is 6.03 Å². The third-order valence-electron chi connectivity index (χ3n) is 4.97. The van der Waals surface area contributed by atoms with Crippen LogP contribution in [0.3, 0.4) is 0 Å². The summed E-state index contributed by atoms with van der Waals surface area (Å²) >= 11 is 0. The van der Waals surface area contributed by atoms with E-state index in [9.17, 15) is 9.90 Å². The number of nitrogens with zero attached hydrogens (tertiary/aromatic N) is 4. The smallest absolute Gasteiger partial charge is 0.320 e. The molecule has 0 bridgehead atoms. The number of aliphatic hydroxyl groups is 1. The Hall–Kier alpha value is -2.34. The molecule has 1 atom stereocenters. The molecule has 1 saturated heterocycles. The predicted octanol–water partition coefficient (Wildman–Crippen LogP) is 2.42. The molecule has 0 saturated carbocycles. The Balaban J connectivity index is 1.53. The second-order valence-electron chi connectivity index (χ2n) is 6.79. The number of rotatable bonds is 4. The topological polar surface area (TPSA) is 61.6 Å². The number of carbonyl (C=O) groups excluding carboxylic acids is 1. The van der Waals surface area contributed by atoms with Crippen molar-refractivity contribution in [3.63, 3.8) is 0 Å². The van der Waals surface area contributed by atoms with Crippen molar-refractivity contribution < 1.29 is 9.90 Å². The van der Waals surface area contributed by atoms with E-state index in [0.717, 1.165) is 18.4 Å². The molecule has 0 aliphatic carbocycles. The minimum atomic E-state index is -0.570. The summed E-state index contributed by atoms with van der Waals surface area (Å²) < 4.78 is 1.86. The molecule has 2 aromatic rings. The van der Waals surface area contributed by atoms with E-state index >= 15 is 0 Å². The second-order valence-corrected chi connectivity index (χ2v) is 6.79. The first kappa shape index (κ1) is 17.5. The van der Waals surface area contributed by atoms with Crippen molar-refractivity contribution in [2.24, 2.45) is 13.0 Å². The van der Waals surface area contributed by atoms with Crippen LogP contribution in [-0.4, -0.2) is 50.6 Å². The maximum Gasteiger partial charge on any atom is 0.320 e. The van der Waals surface area contributed by atoms with Crippen LogP contribution in [0.5, 0.6) is 0 Å². The van der Waals surface area contributed by atoms with Crippen molar-refractivity contribution in [3.8, 4) is 0 Å². The SMILES string of the molecule is CN(Cc1ccccc1)C(=O)N1CCC(C(O)c2nccn2C)CC1. The molecule has 134 valence electrons. The Morgan fingerprint density at radius 2 is 2.00 bits per heavy atom. The number of aryl methyl sites for hydroxylation is 1. The summed E-state index contributed by atoms with van der Waals surface area (Å²) in [5.41, 5.74) is 1.12. The summed E-state index contributed by atoms with van der Waals surface area (Å²) in [5.74, 6) is 0.843. The third kappa shape index (κ3) is 4.02. The van der Waals surface area contributed by atoms with E-state index in [2.05, 4.69) is 4.98 Å². The molecule has 2 amide bonds. The van der Waals surface area contributed by atoms with Crippen molar-refractivity contribution in [2.45, 2.75) is 25.5 Å². The molecule has 1 unspecified atom stereocenters. The van der Waals surface area contributed by atoms with Gasteiger partial charge in [0.05, 0.1) is 0 Å². The highest BCUT2D eigenvalue weighted by molar-refractivity contribution is 5.74. The molecule has 2 heterocycles. The predicted molar refractivity (Wildman–Crippen MR) is 95.8 cm³/mol. The Morgan fingerprint density at radius 3 is 2.60 bits per heavy atom. The zero-order chi connectivity index (χ0) is 17.8. The minimum Gasteiger partial charge on any atom is -0.385 e. The number of likely N-dealkylation sites (tertiary alicyclic amines) is 1. The van der Waals surface area contributed by atoms with Gasteiger partial charge in [0.2, 0.25) is 0 Å². The van der Waals surface area contributed by atoms with Crippen LogP contribution in [0, 0.1) is 5.92 Å². The lowest BCUT2D eigenvalue weighted by molar-refractivity contribution is 0.0540. The van der Waals surface area contributed by atoms with Gasteiger partial charge in [-0.1, -0.05) is 30.3 Å². The Bertz CT molecular complexity index is 692. The van der Waals surface area contributed by atoms with Crippen LogP contribution in [0.1, 0.15) is 30.3 Å². The van der Waals surface area contributed by atoms with E-state index in [-0.39, 0.29) is 11.9 Å². The van der Waals surface area contributed by atoms with E-state index in [1.807, 2.05) is 60.1 Å². The van der Waals surface area contributed by atoms with E-state index < -0.39 is 6.10 Å². The van der Waals surface area contributed by atoms with Crippen molar-refractivity contribution in [2.75, 3.05) is 20.1 Å². The fourth-order valence-electron chi connectivity index (χ4n) is 3.45. The first-order valence-corrected chi connectivity index (χ1v) is 8.75. The van der Waals surface area contributed by atoms with Crippen molar-refractivity contribution in [1.29, 1.82) is 0 Å². The van der Waals surface area contributed by atoms with Crippen LogP contribution < -0.4 is 0 Å². The molecule has 25 heavy (non-hydrogen) atoms. The van der Waals surface area contributed by atoms with Gasteiger partial charge in [0, 0.05) is 46.1 Å². The first-order chi connectivity index (χ1) is 12.1. The highest BCUT2D eigenvalue weighted by atomic mass is 16.3. The Kier molecular flexibility index (Phi) is 5.38. The molecule has 3 rings (SSSR count). The molecule has 1 aliphatic heterocycles. The van der Waals surface area contributed by atoms with E-state index in [1.165, 1.54) is 0 Å². The van der Waals surface area contributed by atoms with Crippen molar-refractivity contribution in [1.82, 2.24) is 19.4 Å². The highest BCUT2D eigenvalue weighted by Crippen LogP contribution is 2.30. The highest BCUT2D eigenvalue weighted by Gasteiger charge is 2.30. The molecule has 1 aliphatic rings. The lowest BCUT2D eigenvalue weighted by Gasteiger charge is -2.36. The number of benzene rings is 1. The van der Waals surface area contributed by atoms with E-state index in [1.54, 1.807) is 11.1 Å². The number of aliphatic hydroxyl groups excluding tert-OH is 1. The van der Waals surface area contributed by atoms with Gasteiger partial charge in [-0.25, -0.2) is 9.78 Å². The summed E-state index contributed by atoms with van der Waals surface area (Å²) in [4.78, 5) is 20.5. The maximum absolute atomic E-state index is 12.6. The van der Waals surface area contributed by atoms with Crippen LogP contribution in [0.15, 0.2) is 42.7 Å². The van der Waals surface area contributed by atoms with Gasteiger partial charge in [0.25, 0.3) is 0 Å². The van der Waals surface area contributed by atoms with Gasteiger partial charge in [-0.2, -0.15) is 0 Å². The lowest BCUT2D eigenvalue weighted by atomic mass is 9.91. The number of urea groups is 1. The Labute approximate surface area is 148 Å². The number of hydrogen-bond acceptors (Lipinski definition) is 3. The van der Waals surface area contributed by atoms with Gasteiger partial charge < -0.3 is 19.5 Å². The van der Waals surface area contributed by atoms with Gasteiger partial charge in [0.1, 0.15) is 11.9 Å². The zero-order valence-electron chi connectivity index (χ0n) is 14.9. The molecule has 1 aromatic carbocycles. The standard InChI is InChI=1S/C19H26N4O2/c1-21-13-10-20-18(21)17(24)16-8-11-23(12-9-16)19(25)22(2)14-15-6-4-3-5-7-15/h3-7,10,13,16-17,24H,8-9,11-12,14H2,1-2H3. The van der Waals surface area contributed by atoms with Crippen molar-refractivity contribution in [3.05, 3.63) is 54.1 Å². The van der Waals surface area contributed by atoms with E-state index in [4.69, 9.17) is 0 Å². The monoisotopic (exact) mass is 342 g/mol. The minimum absolute atomic E-state index is 0.0498. The van der Waals surface area contributed by atoms with Gasteiger partial charge >= 0.3 is 6.03 Å². The average Bonchev–Trinajstić information content (AvgIpc) is 3.07. The maximum atomic E-state index is 12.6. The van der Waals surface area contributed by atoms with Crippen LogP contribution in [0.25, 0.3) is 0 Å². The molecular weight excluding hydrogens is 316 g/mol. The molecular formula is C19H26N4O2.